The van der Waals surface area contributed by atoms with Crippen LogP contribution in [0.1, 0.15) is 11.1 Å². The van der Waals surface area contributed by atoms with Crippen LogP contribution >= 0.6 is 11.6 Å². The van der Waals surface area contributed by atoms with E-state index in [1.54, 1.807) is 0 Å². The van der Waals surface area contributed by atoms with Crippen molar-refractivity contribution in [3.63, 3.8) is 0 Å². The Morgan fingerprint density at radius 2 is 0.926 bits per heavy atom. The highest BCUT2D eigenvalue weighted by Gasteiger charge is 2.31. The monoisotopic (exact) mass is 401 g/mol. The van der Waals surface area contributed by atoms with Crippen LogP contribution in [0.2, 0.25) is 5.02 Å². The van der Waals surface area contributed by atoms with Crippen LogP contribution in [0.3, 0.4) is 0 Å². The van der Waals surface area contributed by atoms with Crippen molar-refractivity contribution >= 4 is 11.6 Å². The number of hydrogen-bond acceptors (Lipinski definition) is 1. The van der Waals surface area contributed by atoms with Gasteiger partial charge in [0.25, 0.3) is 0 Å². The highest BCUT2D eigenvalue weighted by molar-refractivity contribution is 6.36. The van der Waals surface area contributed by atoms with Crippen LogP contribution in [-0.2, 0) is 12.4 Å². The number of hydrogen-bond donors (Lipinski definition) is 0. The summed E-state index contributed by atoms with van der Waals surface area (Å²) in [5.74, 6) is 0. The first kappa shape index (κ1) is 19.2. The molecule has 0 N–H and O–H groups in total. The molecule has 8 heteroatoms. The maximum Gasteiger partial charge on any atom is 0.416 e. The molecule has 0 saturated carbocycles. The maximum atomic E-state index is 12.7. The van der Waals surface area contributed by atoms with E-state index in [4.69, 9.17) is 11.6 Å². The quantitative estimate of drug-likeness (QED) is 0.417. The largest absolute Gasteiger partial charge is 0.416 e. The minimum absolute atomic E-state index is 0.185. The molecule has 2 aromatic carbocycles. The summed E-state index contributed by atoms with van der Waals surface area (Å²) in [5.41, 5.74) is -0.0162. The second kappa shape index (κ2) is 6.88. The van der Waals surface area contributed by atoms with Gasteiger partial charge in [0.15, 0.2) is 0 Å². The number of alkyl halides is 6. The van der Waals surface area contributed by atoms with E-state index >= 15 is 0 Å². The fraction of sp³-hybridized carbons (Fsp3) is 0.105. The third-order valence-corrected chi connectivity index (χ3v) is 4.33. The lowest BCUT2D eigenvalue weighted by atomic mass is 10.00. The molecule has 0 aliphatic heterocycles. The Morgan fingerprint density at radius 3 is 1.22 bits per heavy atom. The number of nitrogens with zero attached hydrogens (tertiary/aromatic N) is 1. The van der Waals surface area contributed by atoms with Gasteiger partial charge in [-0.15, -0.1) is 0 Å². The molecule has 1 heterocycles. The normalized spacial score (nSPS) is 12.3. The molecular formula is C19H10ClF6N. The fourth-order valence-electron chi connectivity index (χ4n) is 2.52. The molecule has 0 saturated heterocycles. The smallest absolute Gasteiger partial charge is 0.263 e. The Bertz CT molecular complexity index is 868. The second-order valence-electron chi connectivity index (χ2n) is 5.70. The lowest BCUT2D eigenvalue weighted by Gasteiger charge is -2.12. The second-order valence-corrected chi connectivity index (χ2v) is 6.08. The van der Waals surface area contributed by atoms with Crippen LogP contribution in [0.5, 0.6) is 0 Å². The Balaban J connectivity index is 1.99. The molecule has 0 fully saturated rings. The Kier molecular flexibility index (Phi) is 4.90. The van der Waals surface area contributed by atoms with Crippen LogP contribution in [0.15, 0.2) is 60.9 Å². The van der Waals surface area contributed by atoms with Crippen molar-refractivity contribution in [2.24, 2.45) is 0 Å². The highest BCUT2D eigenvalue weighted by atomic mass is 35.5. The first-order chi connectivity index (χ1) is 12.6. The van der Waals surface area contributed by atoms with Gasteiger partial charge in [0, 0.05) is 23.5 Å². The standard InChI is InChI=1S/C19H10ClF6N/c20-17-15(11-1-5-13(6-2-11)18(21,22)23)9-27-10-16(17)12-3-7-14(8-4-12)19(24,25)26/h1-10H. The molecule has 0 aliphatic rings. The molecule has 0 atom stereocenters. The van der Waals surface area contributed by atoms with Crippen molar-refractivity contribution in [1.29, 1.82) is 0 Å². The minimum Gasteiger partial charge on any atom is -0.263 e. The SMILES string of the molecule is FC(F)(F)c1ccc(-c2cncc(-c3ccc(C(F)(F)F)cc3)c2Cl)cc1. The molecular weight excluding hydrogens is 392 g/mol. The minimum atomic E-state index is -4.46. The van der Waals surface area contributed by atoms with E-state index in [0.29, 0.717) is 22.3 Å². The number of aromatic nitrogens is 1. The average Bonchev–Trinajstić information content (AvgIpc) is 2.61. The molecule has 0 bridgehead atoms. The van der Waals surface area contributed by atoms with Crippen LogP contribution in [0, 0.1) is 0 Å². The van der Waals surface area contributed by atoms with E-state index in [9.17, 15) is 26.3 Å². The zero-order valence-electron chi connectivity index (χ0n) is 13.4. The molecule has 0 spiro atoms. The van der Waals surface area contributed by atoms with Crippen molar-refractivity contribution in [3.8, 4) is 22.3 Å². The van der Waals surface area contributed by atoms with E-state index < -0.39 is 23.5 Å². The molecule has 1 aromatic heterocycles. The van der Waals surface area contributed by atoms with Crippen LogP contribution < -0.4 is 0 Å². The zero-order chi connectivity index (χ0) is 19.8. The zero-order valence-corrected chi connectivity index (χ0v) is 14.1. The number of halogens is 7. The van der Waals surface area contributed by atoms with Crippen LogP contribution in [-0.4, -0.2) is 4.98 Å². The first-order valence-electron chi connectivity index (χ1n) is 7.56. The van der Waals surface area contributed by atoms with Gasteiger partial charge in [-0.2, -0.15) is 26.3 Å². The summed E-state index contributed by atoms with van der Waals surface area (Å²) in [5, 5.41) is 0.185. The van der Waals surface area contributed by atoms with Gasteiger partial charge in [-0.25, -0.2) is 0 Å². The molecule has 27 heavy (non-hydrogen) atoms. The summed E-state index contributed by atoms with van der Waals surface area (Å²) in [7, 11) is 0. The number of benzene rings is 2. The van der Waals surface area contributed by atoms with E-state index in [0.717, 1.165) is 24.3 Å². The van der Waals surface area contributed by atoms with Crippen molar-refractivity contribution in [2.75, 3.05) is 0 Å². The molecule has 3 rings (SSSR count). The van der Waals surface area contributed by atoms with Gasteiger partial charge in [-0.3, -0.25) is 4.98 Å². The molecule has 0 amide bonds. The predicted octanol–water partition coefficient (Wildman–Crippen LogP) is 7.11. The van der Waals surface area contributed by atoms with Gasteiger partial charge >= 0.3 is 12.4 Å². The summed E-state index contributed by atoms with van der Waals surface area (Å²) in [6.45, 7) is 0. The maximum absolute atomic E-state index is 12.7. The van der Waals surface area contributed by atoms with Crippen molar-refractivity contribution < 1.29 is 26.3 Å². The highest BCUT2D eigenvalue weighted by Crippen LogP contribution is 2.38. The molecule has 1 nitrogen and oxygen atoms in total. The lowest BCUT2D eigenvalue weighted by molar-refractivity contribution is -0.138. The fourth-order valence-corrected chi connectivity index (χ4v) is 2.84. The van der Waals surface area contributed by atoms with Gasteiger partial charge < -0.3 is 0 Å². The van der Waals surface area contributed by atoms with Crippen molar-refractivity contribution in [3.05, 3.63) is 77.1 Å². The Morgan fingerprint density at radius 1 is 0.593 bits per heavy atom. The van der Waals surface area contributed by atoms with E-state index in [1.807, 2.05) is 0 Å². The van der Waals surface area contributed by atoms with Crippen molar-refractivity contribution in [1.82, 2.24) is 4.98 Å². The van der Waals surface area contributed by atoms with Crippen LogP contribution in [0.4, 0.5) is 26.3 Å². The topological polar surface area (TPSA) is 12.9 Å². The summed E-state index contributed by atoms with van der Waals surface area (Å²) < 4.78 is 76.1. The summed E-state index contributed by atoms with van der Waals surface area (Å²) in [6.07, 6.45) is -6.14. The van der Waals surface area contributed by atoms with Gasteiger partial charge in [-0.05, 0) is 35.4 Å². The van der Waals surface area contributed by atoms with E-state index in [2.05, 4.69) is 4.98 Å². The molecule has 3 aromatic rings. The van der Waals surface area contributed by atoms with E-state index in [1.165, 1.54) is 36.7 Å². The number of pyridine rings is 1. The number of rotatable bonds is 2. The van der Waals surface area contributed by atoms with Gasteiger partial charge in [0.05, 0.1) is 16.1 Å². The Labute approximate surface area is 155 Å². The molecule has 0 radical (unpaired) electrons. The third kappa shape index (κ3) is 4.08. The Hall–Kier alpha value is -2.54. The average molecular weight is 402 g/mol. The summed E-state index contributed by atoms with van der Waals surface area (Å²) in [6, 6.07) is 8.77. The first-order valence-corrected chi connectivity index (χ1v) is 7.94. The van der Waals surface area contributed by atoms with Crippen molar-refractivity contribution in [2.45, 2.75) is 12.4 Å². The molecule has 0 aliphatic carbocycles. The van der Waals surface area contributed by atoms with Gasteiger partial charge in [0.1, 0.15) is 0 Å². The third-order valence-electron chi connectivity index (χ3n) is 3.93. The van der Waals surface area contributed by atoms with E-state index in [-0.39, 0.29) is 5.02 Å². The summed E-state index contributed by atoms with van der Waals surface area (Å²) >= 11 is 6.35. The molecule has 140 valence electrons. The molecule has 0 unspecified atom stereocenters. The lowest BCUT2D eigenvalue weighted by Crippen LogP contribution is -2.04. The van der Waals surface area contributed by atoms with Crippen LogP contribution in [0.25, 0.3) is 22.3 Å². The summed E-state index contributed by atoms with van der Waals surface area (Å²) in [4.78, 5) is 4.01. The van der Waals surface area contributed by atoms with Gasteiger partial charge in [0.2, 0.25) is 0 Å². The van der Waals surface area contributed by atoms with Gasteiger partial charge in [-0.1, -0.05) is 35.9 Å². The predicted molar refractivity (Wildman–Crippen MR) is 90.1 cm³/mol.